The maximum Gasteiger partial charge on any atom is 0.182 e. The Kier molecular flexibility index (Phi) is 3.85. The predicted molar refractivity (Wildman–Crippen MR) is 103 cm³/mol. The van der Waals surface area contributed by atoms with Crippen molar-refractivity contribution in [2.45, 2.75) is 36.0 Å². The number of nitrogen functional groups attached to an aromatic ring is 1. The second-order valence-corrected chi connectivity index (χ2v) is 9.47. The Morgan fingerprint density at radius 1 is 1.36 bits per heavy atom. The van der Waals surface area contributed by atoms with Gasteiger partial charge in [0.1, 0.15) is 5.82 Å². The van der Waals surface area contributed by atoms with Gasteiger partial charge in [-0.3, -0.25) is 5.10 Å². The molecule has 1 saturated heterocycles. The molecule has 0 aromatic carbocycles. The van der Waals surface area contributed by atoms with Gasteiger partial charge in [-0.05, 0) is 19.8 Å². The summed E-state index contributed by atoms with van der Waals surface area (Å²) < 4.78 is 33.4. The Bertz CT molecular complexity index is 1140. The van der Waals surface area contributed by atoms with E-state index in [1.807, 2.05) is 6.92 Å². The van der Waals surface area contributed by atoms with Crippen molar-refractivity contribution in [1.29, 1.82) is 0 Å². The molecule has 0 amide bonds. The summed E-state index contributed by atoms with van der Waals surface area (Å²) in [6, 6.07) is 3.45. The van der Waals surface area contributed by atoms with Crippen LogP contribution in [-0.2, 0) is 14.6 Å². The average molecular weight is 403 g/mol. The zero-order valence-corrected chi connectivity index (χ0v) is 16.2. The number of rotatable bonds is 4. The van der Waals surface area contributed by atoms with Gasteiger partial charge >= 0.3 is 0 Å². The van der Waals surface area contributed by atoms with Crippen molar-refractivity contribution < 1.29 is 13.2 Å². The highest BCUT2D eigenvalue weighted by molar-refractivity contribution is 7.92. The monoisotopic (exact) mass is 403 g/mol. The van der Waals surface area contributed by atoms with Crippen LogP contribution in [0.5, 0.6) is 0 Å². The van der Waals surface area contributed by atoms with E-state index in [4.69, 9.17) is 15.5 Å². The topological polar surface area (TPSA) is 132 Å². The van der Waals surface area contributed by atoms with E-state index in [9.17, 15) is 8.42 Å². The minimum Gasteiger partial charge on any atom is -0.382 e. The molecule has 3 aromatic rings. The number of ether oxygens (including phenoxy) is 1. The van der Waals surface area contributed by atoms with Crippen LogP contribution < -0.4 is 10.6 Å². The molecule has 3 aromatic heterocycles. The molecule has 2 aliphatic rings. The van der Waals surface area contributed by atoms with Crippen molar-refractivity contribution >= 4 is 32.5 Å². The van der Waals surface area contributed by atoms with Crippen LogP contribution in [0.2, 0.25) is 0 Å². The smallest absolute Gasteiger partial charge is 0.182 e. The van der Waals surface area contributed by atoms with Gasteiger partial charge in [0.2, 0.25) is 0 Å². The largest absolute Gasteiger partial charge is 0.382 e. The van der Waals surface area contributed by atoms with Crippen molar-refractivity contribution in [1.82, 2.24) is 25.0 Å². The van der Waals surface area contributed by atoms with Gasteiger partial charge in [-0.2, -0.15) is 9.78 Å². The van der Waals surface area contributed by atoms with E-state index >= 15 is 0 Å². The molecule has 1 aliphatic carbocycles. The van der Waals surface area contributed by atoms with Crippen LogP contribution in [0.1, 0.15) is 19.8 Å². The number of nitrogens with one attached hydrogen (secondary N) is 1. The number of fused-ring (bicyclic) bond motifs is 1. The molecule has 0 bridgehead atoms. The summed E-state index contributed by atoms with van der Waals surface area (Å²) in [5.41, 5.74) is 6.55. The molecule has 4 heterocycles. The molecule has 28 heavy (non-hydrogen) atoms. The van der Waals surface area contributed by atoms with Gasteiger partial charge in [0.15, 0.2) is 27.1 Å². The number of nitrogens with two attached hydrogens (primary N) is 1. The fourth-order valence-electron chi connectivity index (χ4n) is 3.63. The number of hydrogen-bond acceptors (Lipinski definition) is 8. The molecule has 10 nitrogen and oxygen atoms in total. The summed E-state index contributed by atoms with van der Waals surface area (Å²) in [5, 5.41) is 11.1. The van der Waals surface area contributed by atoms with Gasteiger partial charge in [-0.1, -0.05) is 0 Å². The Morgan fingerprint density at radius 3 is 2.86 bits per heavy atom. The maximum absolute atomic E-state index is 13.2. The van der Waals surface area contributed by atoms with Crippen LogP contribution >= 0.6 is 0 Å². The van der Waals surface area contributed by atoms with Crippen molar-refractivity contribution in [2.75, 3.05) is 30.4 Å². The SMILES string of the molecule is CC1COCCN1c1cc(S(=O)(=O)C2CC2)c2c(N)nn(-c3ccn[nH]3)c2n1. The number of hydrogen-bond donors (Lipinski definition) is 2. The molecule has 5 rings (SSSR count). The first-order valence-electron chi connectivity index (χ1n) is 9.24. The molecule has 0 radical (unpaired) electrons. The van der Waals surface area contributed by atoms with Crippen molar-refractivity contribution in [3.63, 3.8) is 0 Å². The summed E-state index contributed by atoms with van der Waals surface area (Å²) in [5.74, 6) is 1.29. The Hall–Kier alpha value is -2.66. The molecule has 2 fully saturated rings. The van der Waals surface area contributed by atoms with E-state index < -0.39 is 9.84 Å². The number of morpholine rings is 1. The first-order chi connectivity index (χ1) is 13.5. The van der Waals surface area contributed by atoms with Crippen LogP contribution in [0.25, 0.3) is 16.9 Å². The fraction of sp³-hybridized carbons (Fsp3) is 0.471. The first-order valence-corrected chi connectivity index (χ1v) is 10.8. The van der Waals surface area contributed by atoms with Gasteiger partial charge in [0.05, 0.1) is 41.0 Å². The third-order valence-corrected chi connectivity index (χ3v) is 7.55. The highest BCUT2D eigenvalue weighted by atomic mass is 32.2. The number of aromatic amines is 1. The van der Waals surface area contributed by atoms with E-state index in [-0.39, 0.29) is 22.0 Å². The molecule has 11 heteroatoms. The zero-order chi connectivity index (χ0) is 19.5. The van der Waals surface area contributed by atoms with E-state index in [1.165, 1.54) is 4.68 Å². The number of nitrogens with zero attached hydrogens (tertiary/aromatic N) is 5. The van der Waals surface area contributed by atoms with Gasteiger partial charge in [0, 0.05) is 18.7 Å². The van der Waals surface area contributed by atoms with Crippen LogP contribution in [0.3, 0.4) is 0 Å². The predicted octanol–water partition coefficient (Wildman–Crippen LogP) is 0.887. The Labute approximate surface area is 161 Å². The number of aromatic nitrogens is 5. The summed E-state index contributed by atoms with van der Waals surface area (Å²) in [6.45, 7) is 3.79. The number of anilines is 2. The second-order valence-electron chi connectivity index (χ2n) is 7.28. The van der Waals surface area contributed by atoms with Gasteiger partial charge in [-0.15, -0.1) is 5.10 Å². The third kappa shape index (κ3) is 2.65. The van der Waals surface area contributed by atoms with Crippen LogP contribution in [0.4, 0.5) is 11.6 Å². The fourth-order valence-corrected chi connectivity index (χ4v) is 5.49. The molecule has 148 valence electrons. The lowest BCUT2D eigenvalue weighted by Crippen LogP contribution is -2.44. The van der Waals surface area contributed by atoms with E-state index in [0.29, 0.717) is 55.3 Å². The first kappa shape index (κ1) is 17.4. The summed E-state index contributed by atoms with van der Waals surface area (Å²) in [4.78, 5) is 7.03. The highest BCUT2D eigenvalue weighted by Gasteiger charge is 2.40. The molecular weight excluding hydrogens is 382 g/mol. The van der Waals surface area contributed by atoms with Crippen molar-refractivity contribution in [2.24, 2.45) is 0 Å². The lowest BCUT2D eigenvalue weighted by molar-refractivity contribution is 0.0985. The lowest BCUT2D eigenvalue weighted by atomic mass is 10.2. The van der Waals surface area contributed by atoms with Gasteiger partial charge < -0.3 is 15.4 Å². The standard InChI is InChI=1S/C17H21N7O3S/c1-10-9-27-7-6-23(10)14-8-12(28(25,26)11-2-3-11)15-16(18)22-24(17(15)20-14)13-4-5-19-21-13/h4-5,8,10-11H,2-3,6-7,9H2,1H3,(H2,18,22)(H,19,21). The number of pyridine rings is 1. The maximum atomic E-state index is 13.2. The molecule has 1 saturated carbocycles. The lowest BCUT2D eigenvalue weighted by Gasteiger charge is -2.34. The molecule has 1 aliphatic heterocycles. The normalized spacial score (nSPS) is 20.8. The summed E-state index contributed by atoms with van der Waals surface area (Å²) in [7, 11) is -3.51. The van der Waals surface area contributed by atoms with Gasteiger partial charge in [-0.25, -0.2) is 13.4 Å². The minimum atomic E-state index is -3.51. The zero-order valence-electron chi connectivity index (χ0n) is 15.4. The number of sulfone groups is 1. The van der Waals surface area contributed by atoms with Crippen LogP contribution in [-0.4, -0.2) is 64.4 Å². The van der Waals surface area contributed by atoms with Crippen molar-refractivity contribution in [3.05, 3.63) is 18.3 Å². The second kappa shape index (κ2) is 6.17. The average Bonchev–Trinajstić information content (AvgIpc) is 3.32. The van der Waals surface area contributed by atoms with E-state index in [1.54, 1.807) is 18.3 Å². The molecular formula is C17H21N7O3S. The van der Waals surface area contributed by atoms with Crippen LogP contribution in [0.15, 0.2) is 23.2 Å². The van der Waals surface area contributed by atoms with Gasteiger partial charge in [0.25, 0.3) is 0 Å². The number of H-pyrrole nitrogens is 1. The molecule has 1 unspecified atom stereocenters. The van der Waals surface area contributed by atoms with Crippen molar-refractivity contribution in [3.8, 4) is 5.82 Å². The Morgan fingerprint density at radius 2 is 2.18 bits per heavy atom. The quantitative estimate of drug-likeness (QED) is 0.656. The summed E-state index contributed by atoms with van der Waals surface area (Å²) in [6.07, 6.45) is 2.93. The molecule has 0 spiro atoms. The Balaban J connectivity index is 1.79. The molecule has 1 atom stereocenters. The highest BCUT2D eigenvalue weighted by Crippen LogP contribution is 2.40. The van der Waals surface area contributed by atoms with Crippen LogP contribution in [0, 0.1) is 0 Å². The van der Waals surface area contributed by atoms with E-state index in [2.05, 4.69) is 20.2 Å². The molecule has 3 N–H and O–H groups in total. The third-order valence-electron chi connectivity index (χ3n) is 5.26. The van der Waals surface area contributed by atoms with E-state index in [0.717, 1.165) is 0 Å². The minimum absolute atomic E-state index is 0.0797. The summed E-state index contributed by atoms with van der Waals surface area (Å²) >= 11 is 0.